The first-order valence-electron chi connectivity index (χ1n) is 7.76. The zero-order valence-corrected chi connectivity index (χ0v) is 12.5. The van der Waals surface area contributed by atoms with Crippen molar-refractivity contribution in [1.82, 2.24) is 4.98 Å². The minimum atomic E-state index is 0.150. The first-order valence-corrected chi connectivity index (χ1v) is 7.76. The molecule has 1 aliphatic carbocycles. The summed E-state index contributed by atoms with van der Waals surface area (Å²) < 4.78 is 5.90. The molecule has 3 rings (SSSR count). The number of hydrogen-bond acceptors (Lipinski definition) is 3. The second-order valence-electron chi connectivity index (χ2n) is 6.43. The third-order valence-corrected chi connectivity index (χ3v) is 4.71. The van der Waals surface area contributed by atoms with Gasteiger partial charge < -0.3 is 10.2 Å². The van der Waals surface area contributed by atoms with Crippen LogP contribution in [0.4, 0.5) is 0 Å². The van der Waals surface area contributed by atoms with Gasteiger partial charge >= 0.3 is 0 Å². The molecule has 0 unspecified atom stereocenters. The molecule has 1 fully saturated rings. The molecule has 2 N–H and O–H groups in total. The van der Waals surface area contributed by atoms with Crippen molar-refractivity contribution in [2.75, 3.05) is 6.54 Å². The van der Waals surface area contributed by atoms with E-state index in [1.807, 2.05) is 0 Å². The Kier molecular flexibility index (Phi) is 3.55. The van der Waals surface area contributed by atoms with Gasteiger partial charge in [-0.3, -0.25) is 0 Å². The van der Waals surface area contributed by atoms with Crippen molar-refractivity contribution >= 4 is 11.1 Å². The largest absolute Gasteiger partial charge is 0.440 e. The molecule has 0 bridgehead atoms. The van der Waals surface area contributed by atoms with Crippen molar-refractivity contribution in [3.8, 4) is 0 Å². The van der Waals surface area contributed by atoms with E-state index in [1.54, 1.807) is 0 Å². The molecule has 0 atom stereocenters. The van der Waals surface area contributed by atoms with E-state index >= 15 is 0 Å². The molecule has 0 amide bonds. The first kappa shape index (κ1) is 13.6. The van der Waals surface area contributed by atoms with E-state index in [2.05, 4.69) is 37.0 Å². The average molecular weight is 272 g/mol. The summed E-state index contributed by atoms with van der Waals surface area (Å²) in [6.07, 6.45) is 6.29. The van der Waals surface area contributed by atoms with Crippen LogP contribution in [-0.2, 0) is 5.41 Å². The predicted octanol–water partition coefficient (Wildman–Crippen LogP) is 4.11. The Balaban J connectivity index is 2.02. The van der Waals surface area contributed by atoms with E-state index in [-0.39, 0.29) is 5.41 Å². The molecule has 1 aliphatic rings. The summed E-state index contributed by atoms with van der Waals surface area (Å²) in [4.78, 5) is 4.55. The fourth-order valence-electron chi connectivity index (χ4n) is 3.36. The lowest BCUT2D eigenvalue weighted by Crippen LogP contribution is -2.37. The van der Waals surface area contributed by atoms with Gasteiger partial charge in [-0.15, -0.1) is 0 Å². The second-order valence-corrected chi connectivity index (χ2v) is 6.43. The third-order valence-electron chi connectivity index (χ3n) is 4.71. The monoisotopic (exact) mass is 272 g/mol. The number of nitrogens with two attached hydrogens (primary N) is 1. The van der Waals surface area contributed by atoms with Gasteiger partial charge in [0.25, 0.3) is 0 Å². The zero-order valence-electron chi connectivity index (χ0n) is 12.5. The SMILES string of the molecule is CC(C)c1nc2ccc(C3(CN)CCCCC3)cc2o1. The number of fused-ring (bicyclic) bond motifs is 1. The number of hydrogen-bond donors (Lipinski definition) is 1. The summed E-state index contributed by atoms with van der Waals surface area (Å²) in [5.41, 5.74) is 9.47. The van der Waals surface area contributed by atoms with Gasteiger partial charge in [0, 0.05) is 17.9 Å². The van der Waals surface area contributed by atoms with Crippen molar-refractivity contribution in [1.29, 1.82) is 0 Å². The van der Waals surface area contributed by atoms with Crippen LogP contribution in [0, 0.1) is 0 Å². The highest BCUT2D eigenvalue weighted by Crippen LogP contribution is 2.39. The van der Waals surface area contributed by atoms with Crippen molar-refractivity contribution in [3.63, 3.8) is 0 Å². The van der Waals surface area contributed by atoms with E-state index in [0.717, 1.165) is 23.5 Å². The van der Waals surface area contributed by atoms with Crippen molar-refractivity contribution in [2.24, 2.45) is 5.73 Å². The van der Waals surface area contributed by atoms with Gasteiger partial charge in [-0.1, -0.05) is 39.2 Å². The lowest BCUT2D eigenvalue weighted by atomic mass is 9.69. The maximum absolute atomic E-state index is 6.12. The molecular formula is C17H24N2O. The van der Waals surface area contributed by atoms with Crippen LogP contribution in [-0.4, -0.2) is 11.5 Å². The van der Waals surface area contributed by atoms with E-state index in [0.29, 0.717) is 5.92 Å². The smallest absolute Gasteiger partial charge is 0.198 e. The van der Waals surface area contributed by atoms with Crippen LogP contribution in [0.15, 0.2) is 22.6 Å². The molecule has 0 aliphatic heterocycles. The van der Waals surface area contributed by atoms with Gasteiger partial charge in [0.1, 0.15) is 5.52 Å². The lowest BCUT2D eigenvalue weighted by Gasteiger charge is -2.36. The highest BCUT2D eigenvalue weighted by molar-refractivity contribution is 5.74. The van der Waals surface area contributed by atoms with Crippen LogP contribution in [0.2, 0.25) is 0 Å². The summed E-state index contributed by atoms with van der Waals surface area (Å²) in [6.45, 7) is 4.94. The topological polar surface area (TPSA) is 52.0 Å². The normalized spacial score (nSPS) is 18.8. The van der Waals surface area contributed by atoms with Gasteiger partial charge in [-0.25, -0.2) is 4.98 Å². The second kappa shape index (κ2) is 5.21. The Morgan fingerprint density at radius 1 is 1.25 bits per heavy atom. The molecule has 0 radical (unpaired) electrons. The minimum Gasteiger partial charge on any atom is -0.440 e. The van der Waals surface area contributed by atoms with Crippen LogP contribution in [0.25, 0.3) is 11.1 Å². The fraction of sp³-hybridized carbons (Fsp3) is 0.588. The standard InChI is InChI=1S/C17H24N2O/c1-12(2)16-19-14-7-6-13(10-15(14)20-16)17(11-18)8-4-3-5-9-17/h6-7,10,12H,3-5,8-9,11,18H2,1-2H3. The predicted molar refractivity (Wildman–Crippen MR) is 81.9 cm³/mol. The summed E-state index contributed by atoms with van der Waals surface area (Å²) >= 11 is 0. The molecule has 2 aromatic rings. The van der Waals surface area contributed by atoms with Gasteiger partial charge in [-0.2, -0.15) is 0 Å². The molecule has 3 nitrogen and oxygen atoms in total. The summed E-state index contributed by atoms with van der Waals surface area (Å²) in [7, 11) is 0. The Hall–Kier alpha value is -1.35. The highest BCUT2D eigenvalue weighted by Gasteiger charge is 2.32. The fourth-order valence-corrected chi connectivity index (χ4v) is 3.36. The quantitative estimate of drug-likeness (QED) is 0.914. The summed E-state index contributed by atoms with van der Waals surface area (Å²) in [5, 5.41) is 0. The van der Waals surface area contributed by atoms with Crippen molar-refractivity contribution in [2.45, 2.75) is 57.3 Å². The Morgan fingerprint density at radius 2 is 2.00 bits per heavy atom. The van der Waals surface area contributed by atoms with E-state index in [1.165, 1.54) is 37.7 Å². The molecule has 0 spiro atoms. The molecule has 20 heavy (non-hydrogen) atoms. The number of oxazole rings is 1. The van der Waals surface area contributed by atoms with Crippen LogP contribution < -0.4 is 5.73 Å². The molecule has 108 valence electrons. The third kappa shape index (κ3) is 2.24. The molecule has 1 aromatic heterocycles. The van der Waals surface area contributed by atoms with E-state index in [4.69, 9.17) is 10.2 Å². The number of benzene rings is 1. The molecule has 1 heterocycles. The van der Waals surface area contributed by atoms with Gasteiger partial charge in [0.2, 0.25) is 0 Å². The maximum Gasteiger partial charge on any atom is 0.198 e. The van der Waals surface area contributed by atoms with E-state index < -0.39 is 0 Å². The summed E-state index contributed by atoms with van der Waals surface area (Å²) in [5.74, 6) is 1.14. The number of nitrogens with zero attached hydrogens (tertiary/aromatic N) is 1. The number of aromatic nitrogens is 1. The Bertz CT molecular complexity index is 594. The molecule has 1 saturated carbocycles. The first-order chi connectivity index (χ1) is 9.64. The Morgan fingerprint density at radius 3 is 2.65 bits per heavy atom. The van der Waals surface area contributed by atoms with Gasteiger partial charge in [0.15, 0.2) is 11.5 Å². The molecular weight excluding hydrogens is 248 g/mol. The van der Waals surface area contributed by atoms with Crippen LogP contribution >= 0.6 is 0 Å². The lowest BCUT2D eigenvalue weighted by molar-refractivity contribution is 0.301. The molecule has 0 saturated heterocycles. The van der Waals surface area contributed by atoms with Crippen molar-refractivity contribution < 1.29 is 4.42 Å². The van der Waals surface area contributed by atoms with Crippen LogP contribution in [0.3, 0.4) is 0 Å². The van der Waals surface area contributed by atoms with Gasteiger partial charge in [-0.05, 0) is 30.5 Å². The zero-order chi connectivity index (χ0) is 14.2. The maximum atomic E-state index is 6.12. The Labute approximate surface area is 120 Å². The van der Waals surface area contributed by atoms with Gasteiger partial charge in [0.05, 0.1) is 0 Å². The minimum absolute atomic E-state index is 0.150. The van der Waals surface area contributed by atoms with Crippen molar-refractivity contribution in [3.05, 3.63) is 29.7 Å². The molecule has 3 heteroatoms. The van der Waals surface area contributed by atoms with E-state index in [9.17, 15) is 0 Å². The molecule has 1 aromatic carbocycles. The number of rotatable bonds is 3. The average Bonchev–Trinajstić information content (AvgIpc) is 2.91. The van der Waals surface area contributed by atoms with Crippen LogP contribution in [0.1, 0.15) is 63.3 Å². The highest BCUT2D eigenvalue weighted by atomic mass is 16.3. The van der Waals surface area contributed by atoms with Crippen LogP contribution in [0.5, 0.6) is 0 Å². The summed E-state index contributed by atoms with van der Waals surface area (Å²) in [6, 6.07) is 6.46.